The smallest absolute Gasteiger partial charge is 0.160 e. The summed E-state index contributed by atoms with van der Waals surface area (Å²) in [5.74, 6) is 0. The first-order valence-corrected chi connectivity index (χ1v) is 1.93. The lowest BCUT2D eigenvalue weighted by Crippen LogP contribution is -1.69. The van der Waals surface area contributed by atoms with Crippen LogP contribution < -0.4 is 0 Å². The average molecular weight is 155 g/mol. The van der Waals surface area contributed by atoms with Gasteiger partial charge in [-0.1, -0.05) is 15.2 Å². The zero-order chi connectivity index (χ0) is 4.50. The van der Waals surface area contributed by atoms with Crippen molar-refractivity contribution in [2.75, 3.05) is 0 Å². The molecule has 0 N–H and O–H groups in total. The Balaban J connectivity index is -0.0000000800. The van der Waals surface area contributed by atoms with E-state index in [1.54, 1.807) is 0 Å². The summed E-state index contributed by atoms with van der Waals surface area (Å²) in [6.07, 6.45) is 0. The molecule has 0 saturated heterocycles. The van der Waals surface area contributed by atoms with Gasteiger partial charge in [-0.2, -0.15) is 8.42 Å². The van der Waals surface area contributed by atoms with Crippen molar-refractivity contribution < 1.29 is 16.2 Å². The lowest BCUT2D eigenvalue weighted by molar-refractivity contribution is 0.501. The van der Waals surface area contributed by atoms with Gasteiger partial charge in [-0.25, -0.2) is 0 Å². The molecule has 2 nitrogen and oxygen atoms in total. The first kappa shape index (κ1) is 15.7. The van der Waals surface area contributed by atoms with E-state index in [0.717, 1.165) is 0 Å². The van der Waals surface area contributed by atoms with Crippen molar-refractivity contribution in [3.8, 4) is 0 Å². The van der Waals surface area contributed by atoms with E-state index in [2.05, 4.69) is 0 Å². The second kappa shape index (κ2) is 4.26. The summed E-state index contributed by atoms with van der Waals surface area (Å²) in [6, 6.07) is 0. The standard InChI is InChI=1S/CH4.ClH.F2O2S/c;;1-5(2,3)4/h1H4;1H;. The quantitative estimate of drug-likeness (QED) is 0.492. The molecule has 0 atom stereocenters. The second-order valence-electron chi connectivity index (χ2n) is 0.378. The molecule has 0 aliphatic rings. The van der Waals surface area contributed by atoms with Crippen molar-refractivity contribution in [3.05, 3.63) is 0 Å². The first-order valence-electron chi connectivity index (χ1n) is 0.642. The van der Waals surface area contributed by atoms with Crippen LogP contribution in [0.3, 0.4) is 0 Å². The molecule has 0 aliphatic heterocycles. The molecular weight excluding hydrogens is 150 g/mol. The van der Waals surface area contributed by atoms with Crippen molar-refractivity contribution >= 4 is 23.0 Å². The molecule has 0 fully saturated rings. The van der Waals surface area contributed by atoms with Gasteiger partial charge in [-0.3, -0.25) is 0 Å². The first-order chi connectivity index (χ1) is 2.00. The fourth-order valence-corrected chi connectivity index (χ4v) is 0. The van der Waals surface area contributed by atoms with Crippen LogP contribution in [-0.4, -0.2) is 8.42 Å². The molecule has 0 spiro atoms. The predicted molar refractivity (Wildman–Crippen MR) is 25.1 cm³/mol. The number of halogens is 3. The molecule has 0 rings (SSSR count). The summed E-state index contributed by atoms with van der Waals surface area (Å²) < 4.78 is 36.6. The molecule has 0 aromatic heterocycles. The molecule has 0 radical (unpaired) electrons. The monoisotopic (exact) mass is 154 g/mol. The fourth-order valence-electron chi connectivity index (χ4n) is 0. The average Bonchev–Trinajstić information content (AvgIpc) is 0.722. The highest BCUT2D eigenvalue weighted by atomic mass is 35.5. The molecule has 0 saturated carbocycles. The molecule has 0 aromatic carbocycles. The summed E-state index contributed by atoms with van der Waals surface area (Å²) in [4.78, 5) is 0. The van der Waals surface area contributed by atoms with Gasteiger partial charge in [-0.05, 0) is 0 Å². The zero-order valence-corrected chi connectivity index (χ0v) is 4.02. The third-order valence-electron chi connectivity index (χ3n) is 0. The van der Waals surface area contributed by atoms with E-state index < -0.39 is 10.6 Å². The minimum Gasteiger partial charge on any atom is -0.160 e. The second-order valence-corrected chi connectivity index (χ2v) is 1.14. The van der Waals surface area contributed by atoms with Crippen LogP contribution in [0.2, 0.25) is 0 Å². The Morgan fingerprint density at radius 1 is 1.14 bits per heavy atom. The van der Waals surface area contributed by atoms with Crippen LogP contribution >= 0.6 is 12.4 Å². The van der Waals surface area contributed by atoms with Crippen LogP contribution in [0.4, 0.5) is 7.77 Å². The van der Waals surface area contributed by atoms with E-state index in [0.29, 0.717) is 0 Å². The van der Waals surface area contributed by atoms with Crippen LogP contribution in [0.15, 0.2) is 0 Å². The summed E-state index contributed by atoms with van der Waals surface area (Å²) in [5.41, 5.74) is 0. The van der Waals surface area contributed by atoms with Gasteiger partial charge in [0.1, 0.15) is 0 Å². The van der Waals surface area contributed by atoms with Gasteiger partial charge in [0.15, 0.2) is 0 Å². The van der Waals surface area contributed by atoms with E-state index >= 15 is 0 Å². The van der Waals surface area contributed by atoms with Crippen molar-refractivity contribution in [3.63, 3.8) is 0 Å². The van der Waals surface area contributed by atoms with Crippen molar-refractivity contribution in [2.24, 2.45) is 0 Å². The summed E-state index contributed by atoms with van der Waals surface area (Å²) in [6.45, 7) is 0. The number of hydrogen-bond acceptors (Lipinski definition) is 2. The molecule has 7 heavy (non-hydrogen) atoms. The third-order valence-corrected chi connectivity index (χ3v) is 0. The molecular formula is CH5ClF2O2S. The molecule has 48 valence electrons. The predicted octanol–water partition coefficient (Wildman–Crippen LogP) is 1.23. The molecule has 0 heterocycles. The Morgan fingerprint density at radius 3 is 1.14 bits per heavy atom. The van der Waals surface area contributed by atoms with E-state index in [1.807, 2.05) is 0 Å². The van der Waals surface area contributed by atoms with E-state index in [4.69, 9.17) is 8.42 Å². The SMILES string of the molecule is C.Cl.O=S(=O)(F)F. The minimum atomic E-state index is -5.67. The maximum absolute atomic E-state index is 9.99. The van der Waals surface area contributed by atoms with Crippen LogP contribution in [0.5, 0.6) is 0 Å². The fraction of sp³-hybridized carbons (Fsp3) is 1.00. The summed E-state index contributed by atoms with van der Waals surface area (Å²) in [5, 5.41) is 0. The maximum atomic E-state index is 9.99. The zero-order valence-electron chi connectivity index (χ0n) is 2.39. The van der Waals surface area contributed by atoms with Crippen LogP contribution in [0, 0.1) is 0 Å². The highest BCUT2D eigenvalue weighted by molar-refractivity contribution is 7.81. The highest BCUT2D eigenvalue weighted by Gasteiger charge is 1.94. The van der Waals surface area contributed by atoms with Gasteiger partial charge in [0.25, 0.3) is 0 Å². The lowest BCUT2D eigenvalue weighted by atomic mass is 12.0. The Morgan fingerprint density at radius 2 is 1.14 bits per heavy atom. The van der Waals surface area contributed by atoms with Gasteiger partial charge in [0.05, 0.1) is 0 Å². The van der Waals surface area contributed by atoms with Crippen LogP contribution in [-0.2, 0) is 10.6 Å². The van der Waals surface area contributed by atoms with Crippen molar-refractivity contribution in [2.45, 2.75) is 7.43 Å². The van der Waals surface area contributed by atoms with E-state index in [1.165, 1.54) is 0 Å². The summed E-state index contributed by atoms with van der Waals surface area (Å²) in [7, 11) is -5.67. The van der Waals surface area contributed by atoms with Gasteiger partial charge in [0.2, 0.25) is 0 Å². The lowest BCUT2D eigenvalue weighted by Gasteiger charge is -1.57. The minimum absolute atomic E-state index is 0. The maximum Gasteiger partial charge on any atom is 0.476 e. The van der Waals surface area contributed by atoms with Gasteiger partial charge in [0, 0.05) is 0 Å². The Kier molecular flexibility index (Phi) is 9.57. The van der Waals surface area contributed by atoms with E-state index in [9.17, 15) is 7.77 Å². The van der Waals surface area contributed by atoms with Gasteiger partial charge >= 0.3 is 10.6 Å². The van der Waals surface area contributed by atoms with Crippen LogP contribution in [0.1, 0.15) is 7.43 Å². The van der Waals surface area contributed by atoms with E-state index in [-0.39, 0.29) is 19.8 Å². The summed E-state index contributed by atoms with van der Waals surface area (Å²) >= 11 is 0. The molecule has 0 unspecified atom stereocenters. The Bertz CT molecular complexity index is 98.9. The normalized spacial score (nSPS) is 8.29. The van der Waals surface area contributed by atoms with Crippen LogP contribution in [0.25, 0.3) is 0 Å². The Hall–Kier alpha value is 0.1000. The molecule has 0 aromatic rings. The van der Waals surface area contributed by atoms with Gasteiger partial charge in [-0.15, -0.1) is 12.4 Å². The van der Waals surface area contributed by atoms with Crippen molar-refractivity contribution in [1.82, 2.24) is 0 Å². The van der Waals surface area contributed by atoms with Crippen molar-refractivity contribution in [1.29, 1.82) is 0 Å². The topological polar surface area (TPSA) is 34.1 Å². The van der Waals surface area contributed by atoms with Gasteiger partial charge < -0.3 is 0 Å². The number of hydrogen-bond donors (Lipinski definition) is 0. The molecule has 0 bridgehead atoms. The third kappa shape index (κ3) is 10300. The largest absolute Gasteiger partial charge is 0.476 e. The molecule has 0 amide bonds. The Labute approximate surface area is 47.4 Å². The molecule has 6 heteroatoms. The highest BCUT2D eigenvalue weighted by Crippen LogP contribution is 1.85. The number of rotatable bonds is 0. The molecule has 0 aliphatic carbocycles.